The molecule has 4 nitrogen and oxygen atoms in total. The first kappa shape index (κ1) is 15.5. The summed E-state index contributed by atoms with van der Waals surface area (Å²) < 4.78 is 5.41. The van der Waals surface area contributed by atoms with Gasteiger partial charge < -0.3 is 15.2 Å². The standard InChI is InChI=1S/C15H23NO3/c1-11-9-12(2)15(19-3)13(10-11)6-7-16-14(18)5-4-8-17/h9-10,17H,4-8H2,1-3H3,(H,16,18). The smallest absolute Gasteiger partial charge is 0.220 e. The van der Waals surface area contributed by atoms with E-state index >= 15 is 0 Å². The van der Waals surface area contributed by atoms with E-state index in [1.54, 1.807) is 7.11 Å². The maximum atomic E-state index is 11.4. The molecule has 0 aliphatic heterocycles. The van der Waals surface area contributed by atoms with Crippen molar-refractivity contribution in [2.45, 2.75) is 33.1 Å². The number of hydrogen-bond acceptors (Lipinski definition) is 3. The van der Waals surface area contributed by atoms with Gasteiger partial charge in [0.25, 0.3) is 0 Å². The molecule has 0 atom stereocenters. The van der Waals surface area contributed by atoms with E-state index in [1.807, 2.05) is 6.92 Å². The molecule has 106 valence electrons. The maximum absolute atomic E-state index is 11.4. The van der Waals surface area contributed by atoms with Gasteiger partial charge >= 0.3 is 0 Å². The normalized spacial score (nSPS) is 10.3. The lowest BCUT2D eigenvalue weighted by Gasteiger charge is -2.13. The highest BCUT2D eigenvalue weighted by Gasteiger charge is 2.08. The van der Waals surface area contributed by atoms with Crippen LogP contribution in [-0.2, 0) is 11.2 Å². The highest BCUT2D eigenvalue weighted by atomic mass is 16.5. The number of rotatable bonds is 7. The zero-order valence-electron chi connectivity index (χ0n) is 12.0. The third-order valence-corrected chi connectivity index (χ3v) is 2.98. The fraction of sp³-hybridized carbons (Fsp3) is 0.533. The molecule has 0 unspecified atom stereocenters. The van der Waals surface area contributed by atoms with Gasteiger partial charge in [0.15, 0.2) is 0 Å². The number of amides is 1. The molecule has 0 saturated heterocycles. The predicted molar refractivity (Wildman–Crippen MR) is 75.5 cm³/mol. The zero-order chi connectivity index (χ0) is 14.3. The van der Waals surface area contributed by atoms with Gasteiger partial charge in [0.2, 0.25) is 5.91 Å². The minimum Gasteiger partial charge on any atom is -0.496 e. The van der Waals surface area contributed by atoms with Crippen molar-refractivity contribution in [1.82, 2.24) is 5.32 Å². The predicted octanol–water partition coefficient (Wildman–Crippen LogP) is 1.74. The second-order valence-electron chi connectivity index (χ2n) is 4.70. The highest BCUT2D eigenvalue weighted by Crippen LogP contribution is 2.25. The SMILES string of the molecule is COc1c(C)cc(C)cc1CCNC(=O)CCCO. The summed E-state index contributed by atoms with van der Waals surface area (Å²) in [6.45, 7) is 4.72. The van der Waals surface area contributed by atoms with Gasteiger partial charge in [-0.2, -0.15) is 0 Å². The van der Waals surface area contributed by atoms with Gasteiger partial charge in [-0.1, -0.05) is 17.7 Å². The lowest BCUT2D eigenvalue weighted by Crippen LogP contribution is -2.25. The van der Waals surface area contributed by atoms with Gasteiger partial charge in [-0.05, 0) is 37.8 Å². The largest absolute Gasteiger partial charge is 0.496 e. The molecule has 0 heterocycles. The number of aryl methyl sites for hydroxylation is 2. The van der Waals surface area contributed by atoms with Gasteiger partial charge in [-0.25, -0.2) is 0 Å². The summed E-state index contributed by atoms with van der Waals surface area (Å²) in [5.74, 6) is 0.882. The van der Waals surface area contributed by atoms with Crippen LogP contribution in [0.4, 0.5) is 0 Å². The Morgan fingerprint density at radius 2 is 2.11 bits per heavy atom. The van der Waals surface area contributed by atoms with E-state index in [9.17, 15) is 4.79 Å². The van der Waals surface area contributed by atoms with E-state index in [0.717, 1.165) is 23.3 Å². The number of carbonyl (C=O) groups is 1. The summed E-state index contributed by atoms with van der Waals surface area (Å²) in [6.07, 6.45) is 1.63. The molecule has 0 fully saturated rings. The average molecular weight is 265 g/mol. The molecule has 1 amide bonds. The quantitative estimate of drug-likeness (QED) is 0.789. The lowest BCUT2D eigenvalue weighted by molar-refractivity contribution is -0.121. The number of ether oxygens (including phenoxy) is 1. The van der Waals surface area contributed by atoms with Crippen molar-refractivity contribution in [2.24, 2.45) is 0 Å². The lowest BCUT2D eigenvalue weighted by atomic mass is 10.0. The van der Waals surface area contributed by atoms with Crippen molar-refractivity contribution >= 4 is 5.91 Å². The molecule has 0 bridgehead atoms. The van der Waals surface area contributed by atoms with Crippen molar-refractivity contribution in [1.29, 1.82) is 0 Å². The molecule has 1 aromatic rings. The summed E-state index contributed by atoms with van der Waals surface area (Å²) in [6, 6.07) is 4.17. The molecule has 2 N–H and O–H groups in total. The first-order valence-corrected chi connectivity index (χ1v) is 6.60. The van der Waals surface area contributed by atoms with E-state index < -0.39 is 0 Å². The summed E-state index contributed by atoms with van der Waals surface area (Å²) >= 11 is 0. The van der Waals surface area contributed by atoms with Crippen LogP contribution in [0.5, 0.6) is 5.75 Å². The fourth-order valence-corrected chi connectivity index (χ4v) is 2.18. The van der Waals surface area contributed by atoms with Crippen molar-refractivity contribution in [3.8, 4) is 5.75 Å². The Morgan fingerprint density at radius 3 is 2.74 bits per heavy atom. The van der Waals surface area contributed by atoms with Gasteiger partial charge in [0, 0.05) is 19.6 Å². The number of methoxy groups -OCH3 is 1. The van der Waals surface area contributed by atoms with Crippen LogP contribution in [0.15, 0.2) is 12.1 Å². The molecule has 1 rings (SSSR count). The molecule has 19 heavy (non-hydrogen) atoms. The molecular weight excluding hydrogens is 242 g/mol. The van der Waals surface area contributed by atoms with Crippen molar-refractivity contribution in [2.75, 3.05) is 20.3 Å². The van der Waals surface area contributed by atoms with Gasteiger partial charge in [-0.3, -0.25) is 4.79 Å². The number of aliphatic hydroxyl groups is 1. The second kappa shape index (κ2) is 7.79. The third kappa shape index (κ3) is 4.91. The van der Waals surface area contributed by atoms with Gasteiger partial charge in [0.05, 0.1) is 7.11 Å². The van der Waals surface area contributed by atoms with Crippen LogP contribution in [0.1, 0.15) is 29.5 Å². The molecule has 0 aromatic heterocycles. The van der Waals surface area contributed by atoms with E-state index in [0.29, 0.717) is 19.4 Å². The van der Waals surface area contributed by atoms with Crippen LogP contribution < -0.4 is 10.1 Å². The zero-order valence-corrected chi connectivity index (χ0v) is 12.0. The molecule has 1 aromatic carbocycles. The molecule has 0 spiro atoms. The Balaban J connectivity index is 2.55. The molecule has 0 radical (unpaired) electrons. The topological polar surface area (TPSA) is 58.6 Å². The third-order valence-electron chi connectivity index (χ3n) is 2.98. The van der Waals surface area contributed by atoms with E-state index in [2.05, 4.69) is 24.4 Å². The van der Waals surface area contributed by atoms with Gasteiger partial charge in [-0.15, -0.1) is 0 Å². The summed E-state index contributed by atoms with van der Waals surface area (Å²) in [5.41, 5.74) is 3.42. The molecule has 0 aliphatic carbocycles. The molecule has 0 saturated carbocycles. The number of benzene rings is 1. The highest BCUT2D eigenvalue weighted by molar-refractivity contribution is 5.75. The van der Waals surface area contributed by atoms with Crippen LogP contribution in [0.3, 0.4) is 0 Å². The van der Waals surface area contributed by atoms with Crippen LogP contribution in [-0.4, -0.2) is 31.3 Å². The first-order chi connectivity index (χ1) is 9.08. The van der Waals surface area contributed by atoms with Crippen molar-refractivity contribution in [3.63, 3.8) is 0 Å². The Morgan fingerprint density at radius 1 is 1.37 bits per heavy atom. The Bertz CT molecular complexity index is 430. The maximum Gasteiger partial charge on any atom is 0.220 e. The summed E-state index contributed by atoms with van der Waals surface area (Å²) in [4.78, 5) is 11.4. The number of nitrogens with one attached hydrogen (secondary N) is 1. The number of hydrogen-bond donors (Lipinski definition) is 2. The van der Waals surface area contributed by atoms with E-state index in [4.69, 9.17) is 9.84 Å². The van der Waals surface area contributed by atoms with E-state index in [1.165, 1.54) is 5.56 Å². The molecule has 4 heteroatoms. The number of aliphatic hydroxyl groups excluding tert-OH is 1. The first-order valence-electron chi connectivity index (χ1n) is 6.60. The number of carbonyl (C=O) groups excluding carboxylic acids is 1. The van der Waals surface area contributed by atoms with Crippen molar-refractivity contribution in [3.05, 3.63) is 28.8 Å². The van der Waals surface area contributed by atoms with Crippen LogP contribution >= 0.6 is 0 Å². The average Bonchev–Trinajstić information content (AvgIpc) is 2.36. The van der Waals surface area contributed by atoms with E-state index in [-0.39, 0.29) is 12.5 Å². The van der Waals surface area contributed by atoms with Crippen LogP contribution in [0.25, 0.3) is 0 Å². The Labute approximate surface area is 114 Å². The molecule has 0 aliphatic rings. The summed E-state index contributed by atoms with van der Waals surface area (Å²) in [7, 11) is 1.67. The minimum atomic E-state index is -0.0163. The monoisotopic (exact) mass is 265 g/mol. The van der Waals surface area contributed by atoms with Gasteiger partial charge in [0.1, 0.15) is 5.75 Å². The second-order valence-corrected chi connectivity index (χ2v) is 4.70. The minimum absolute atomic E-state index is 0.0163. The van der Waals surface area contributed by atoms with Crippen LogP contribution in [0, 0.1) is 13.8 Å². The summed E-state index contributed by atoms with van der Waals surface area (Å²) in [5, 5.41) is 11.5. The fourth-order valence-electron chi connectivity index (χ4n) is 2.18. The van der Waals surface area contributed by atoms with Crippen LogP contribution in [0.2, 0.25) is 0 Å². The Hall–Kier alpha value is -1.55. The van der Waals surface area contributed by atoms with Crippen molar-refractivity contribution < 1.29 is 14.6 Å². The molecular formula is C15H23NO3. The Kier molecular flexibility index (Phi) is 6.36.